The number of nitrogens with one attached hydrogen (secondary N) is 13. The van der Waals surface area contributed by atoms with E-state index in [1.807, 2.05) is 0 Å². The molecule has 0 saturated heterocycles. The highest BCUT2D eigenvalue weighted by molar-refractivity contribution is 7.80. The van der Waals surface area contributed by atoms with Gasteiger partial charge < -0.3 is 124 Å². The summed E-state index contributed by atoms with van der Waals surface area (Å²) in [5, 5.41) is 51.4. The van der Waals surface area contributed by atoms with Crippen molar-refractivity contribution in [3.8, 4) is 0 Å². The zero-order valence-corrected chi connectivity index (χ0v) is 62.2. The van der Waals surface area contributed by atoms with Gasteiger partial charge in [0.2, 0.25) is 76.8 Å². The zero-order valence-electron chi connectivity index (χ0n) is 60.4. The Hall–Kier alpha value is -10.4. The number of aliphatic hydroxyl groups is 2. The number of rotatable bonds is 51. The minimum atomic E-state index is -1.59. The van der Waals surface area contributed by atoms with Crippen molar-refractivity contribution in [3.63, 3.8) is 0 Å². The predicted molar refractivity (Wildman–Crippen MR) is 403 cm³/mol. The first-order chi connectivity index (χ1) is 50.8. The summed E-state index contributed by atoms with van der Waals surface area (Å²) >= 11 is 8.46. The number of aldehydes is 1. The summed E-state index contributed by atoms with van der Waals surface area (Å²) in [6.07, 6.45) is 1.49. The smallest absolute Gasteiger partial charge is 0.245 e. The first-order valence-corrected chi connectivity index (χ1v) is 35.8. The molecule has 0 heterocycles. The Kier molecular flexibility index (Phi) is 44.1. The second-order valence-corrected chi connectivity index (χ2v) is 25.5. The molecule has 0 aliphatic carbocycles. The van der Waals surface area contributed by atoms with Crippen molar-refractivity contribution < 1.29 is 77.3 Å². The Morgan fingerprint density at radius 1 is 0.411 bits per heavy atom. The van der Waals surface area contributed by atoms with E-state index in [9.17, 15) is 77.3 Å². The molecule has 13 atom stereocenters. The van der Waals surface area contributed by atoms with Crippen molar-refractivity contribution >= 4 is 126 Å². The van der Waals surface area contributed by atoms with E-state index in [0.29, 0.717) is 36.7 Å². The van der Waals surface area contributed by atoms with Gasteiger partial charge in [-0.15, -0.1) is 0 Å². The Bertz CT molecular complexity index is 3330. The van der Waals surface area contributed by atoms with Gasteiger partial charge in [0.25, 0.3) is 0 Å². The quantitative estimate of drug-likeness (QED) is 0.00961. The molecule has 0 aromatic heterocycles. The Labute approximate surface area is 631 Å². The van der Waals surface area contributed by atoms with Crippen molar-refractivity contribution in [2.24, 2.45) is 66.9 Å². The predicted octanol–water partition coefficient (Wildman–Crippen LogP) is -8.71. The molecule has 0 saturated carbocycles. The molecule has 2 aromatic carbocycles. The van der Waals surface area contributed by atoms with E-state index in [2.05, 4.69) is 109 Å². The highest BCUT2D eigenvalue weighted by Gasteiger charge is 2.36. The molecular formula is C66H107N23O16S2. The van der Waals surface area contributed by atoms with Gasteiger partial charge in [-0.25, -0.2) is 0 Å². The molecule has 29 N–H and O–H groups in total. The van der Waals surface area contributed by atoms with Crippen molar-refractivity contribution in [1.29, 1.82) is 0 Å². The minimum Gasteiger partial charge on any atom is -0.394 e. The fourth-order valence-corrected chi connectivity index (χ4v) is 10.4. The number of nitrogens with two attached hydrogens (primary N) is 7. The maximum atomic E-state index is 14.3. The maximum Gasteiger partial charge on any atom is 0.245 e. The normalized spacial score (nSPS) is 14.5. The van der Waals surface area contributed by atoms with Crippen LogP contribution in [0.1, 0.15) is 90.2 Å². The van der Waals surface area contributed by atoms with E-state index in [4.69, 9.17) is 40.1 Å². The average molecular weight is 1540 g/mol. The number of thiol groups is 2. The number of hydrogen-bond acceptors (Lipinski definition) is 22. The lowest BCUT2D eigenvalue weighted by molar-refractivity contribution is -0.135. The summed E-state index contributed by atoms with van der Waals surface area (Å²) in [6.45, 7) is 2.99. The fourth-order valence-electron chi connectivity index (χ4n) is 9.87. The monoisotopic (exact) mass is 1540 g/mol. The second kappa shape index (κ2) is 50.9. The Morgan fingerprint density at radius 2 is 0.766 bits per heavy atom. The van der Waals surface area contributed by atoms with Crippen LogP contribution in [0, 0.1) is 11.8 Å². The van der Waals surface area contributed by atoms with Crippen LogP contribution in [0.3, 0.4) is 0 Å². The molecule has 41 heteroatoms. The van der Waals surface area contributed by atoms with E-state index in [1.54, 1.807) is 88.4 Å². The van der Waals surface area contributed by atoms with Gasteiger partial charge in [-0.3, -0.25) is 77.3 Å². The summed E-state index contributed by atoms with van der Waals surface area (Å²) in [4.78, 5) is 201. The molecule has 13 amide bonds. The third kappa shape index (κ3) is 36.4. The van der Waals surface area contributed by atoms with Gasteiger partial charge >= 0.3 is 0 Å². The number of hydrogen-bond donors (Lipinski definition) is 24. The second-order valence-electron chi connectivity index (χ2n) is 24.8. The highest BCUT2D eigenvalue weighted by Crippen LogP contribution is 2.14. The standard InChI is InChI=1S/C66H107N23O16S2/c1-5-36(3)52(88-56(98)42(21-14-24-75-65(70)71)81-50(94)29-77-49(93)28-78-55(97)44(26-38-16-9-7-10-17-38)83-60(102)47(34-106)86-59(101)46(33-92)85-54(96)41(67)32-91)62(104)79-30-51(95)82-43(22-15-25-76-66(72)73)57(99)89-53(37(4)6-2)63(105)87-48(35-107)61(103)84-45(27-39-18-11-8-12-19-39)58(100)80-40(31-90)20-13-23-74-64(68)69/h7-12,16-19,31,36-37,40-48,52-53,91-92,106-107H,5-6,13-15,20-30,32-35,67H2,1-4H3,(H,77,93)(H,78,97)(H,79,104)(H,80,100)(H,81,94)(H,82,95)(H,83,102)(H,84,103)(H,85,96)(H,86,101)(H,87,105)(H,88,98)(H,89,99)(H4,68,69,74)(H4,70,71,75)(H4,72,73,76)/t36-,37-,40-,41-,42-,43-,44-,45-,46-,47-,48-,52-,53-/m0/s1. The Morgan fingerprint density at radius 3 is 1.18 bits per heavy atom. The molecule has 594 valence electrons. The largest absolute Gasteiger partial charge is 0.394 e. The van der Waals surface area contributed by atoms with Gasteiger partial charge in [0.05, 0.1) is 38.9 Å². The van der Waals surface area contributed by atoms with Crippen LogP contribution in [0.5, 0.6) is 0 Å². The number of aliphatic hydroxyl groups excluding tert-OH is 2. The van der Waals surface area contributed by atoms with Gasteiger partial charge in [0.15, 0.2) is 17.9 Å². The van der Waals surface area contributed by atoms with Crippen LogP contribution in [0.25, 0.3) is 0 Å². The summed E-state index contributed by atoms with van der Waals surface area (Å²) in [5.74, 6) is -14.0. The van der Waals surface area contributed by atoms with Crippen LogP contribution in [-0.2, 0) is 80.0 Å². The van der Waals surface area contributed by atoms with Crippen molar-refractivity contribution in [2.75, 3.05) is 64.0 Å². The van der Waals surface area contributed by atoms with E-state index >= 15 is 0 Å². The Balaban J connectivity index is 2.28. The molecule has 2 rings (SSSR count). The first kappa shape index (κ1) is 92.7. The molecule has 107 heavy (non-hydrogen) atoms. The fraction of sp³-hybridized carbons (Fsp3) is 0.561. The van der Waals surface area contributed by atoms with E-state index in [0.717, 1.165) is 0 Å². The molecule has 0 aliphatic rings. The zero-order chi connectivity index (χ0) is 80.1. The van der Waals surface area contributed by atoms with E-state index in [-0.39, 0.29) is 94.0 Å². The van der Waals surface area contributed by atoms with E-state index in [1.165, 1.54) is 0 Å². The van der Waals surface area contributed by atoms with Crippen LogP contribution in [0.4, 0.5) is 0 Å². The van der Waals surface area contributed by atoms with Crippen molar-refractivity contribution in [1.82, 2.24) is 69.1 Å². The lowest BCUT2D eigenvalue weighted by Gasteiger charge is -2.29. The number of carbonyl (C=O) groups is 14. The summed E-state index contributed by atoms with van der Waals surface area (Å²) < 4.78 is 0. The molecule has 0 spiro atoms. The number of amides is 13. The van der Waals surface area contributed by atoms with Gasteiger partial charge in [0, 0.05) is 44.0 Å². The first-order valence-electron chi connectivity index (χ1n) is 34.6. The number of benzene rings is 2. The molecule has 2 aromatic rings. The van der Waals surface area contributed by atoms with Crippen LogP contribution in [-0.4, -0.2) is 242 Å². The lowest BCUT2D eigenvalue weighted by atomic mass is 9.97. The van der Waals surface area contributed by atoms with Crippen LogP contribution >= 0.6 is 25.3 Å². The average Bonchev–Trinajstić information content (AvgIpc) is 0.862. The molecule has 39 nitrogen and oxygen atoms in total. The third-order valence-electron chi connectivity index (χ3n) is 16.3. The topological polar surface area (TPSA) is 655 Å². The molecular weight excluding hydrogens is 1440 g/mol. The molecule has 0 bridgehead atoms. The summed E-state index contributed by atoms with van der Waals surface area (Å²) in [5.41, 5.74) is 39.6. The minimum absolute atomic E-state index is 0.00338. The number of nitrogens with zero attached hydrogens (tertiary/aromatic N) is 3. The maximum absolute atomic E-state index is 14.3. The van der Waals surface area contributed by atoms with Crippen molar-refractivity contribution in [2.45, 2.75) is 158 Å². The van der Waals surface area contributed by atoms with Gasteiger partial charge in [-0.05, 0) is 61.5 Å². The van der Waals surface area contributed by atoms with Crippen LogP contribution < -0.4 is 109 Å². The molecule has 0 unspecified atom stereocenters. The summed E-state index contributed by atoms with van der Waals surface area (Å²) in [6, 6.07) is 2.09. The lowest BCUT2D eigenvalue weighted by Crippen LogP contribution is -2.60. The van der Waals surface area contributed by atoms with E-state index < -0.39 is 188 Å². The van der Waals surface area contributed by atoms with Gasteiger partial charge in [-0.2, -0.15) is 25.3 Å². The van der Waals surface area contributed by atoms with Crippen LogP contribution in [0.2, 0.25) is 0 Å². The molecule has 0 aliphatic heterocycles. The number of guanidine groups is 3. The molecule has 0 radical (unpaired) electrons. The van der Waals surface area contributed by atoms with Crippen LogP contribution in [0.15, 0.2) is 75.6 Å². The van der Waals surface area contributed by atoms with Crippen molar-refractivity contribution in [3.05, 3.63) is 71.8 Å². The molecule has 0 fully saturated rings. The number of carbonyl (C=O) groups excluding carboxylic acids is 14. The van der Waals surface area contributed by atoms with Gasteiger partial charge in [-0.1, -0.05) is 101 Å². The number of aliphatic imine (C=N–C) groups is 3. The summed E-state index contributed by atoms with van der Waals surface area (Å²) in [7, 11) is 0. The third-order valence-corrected chi connectivity index (χ3v) is 17.1. The highest BCUT2D eigenvalue weighted by atomic mass is 32.1. The SMILES string of the molecule is CC[C@H](C)[C@H](NC(=O)[C@H](CCCN=C(N)N)NC(=O)CNC(=O)CNC(=O)[C@H](Cc1ccccc1)NC(=O)[C@H](CS)NC(=O)[C@H](CO)NC(=O)[C@@H](N)CO)C(=O)NCC(=O)N[C@@H](CCCN=C(N)N)C(=O)N[C@H](C(=O)N[C@@H](CS)C(=O)N[C@@H](Cc1ccccc1)C(=O)N[C@H](C=O)CCCN=C(N)N)[C@@H](C)CC. The van der Waals surface area contributed by atoms with Gasteiger partial charge in [0.1, 0.15) is 66.7 Å².